The van der Waals surface area contributed by atoms with Crippen LogP contribution in [0, 0.1) is 5.92 Å². The number of urea groups is 1. The average molecular weight is 342 g/mol. The molecule has 1 aromatic rings. The van der Waals surface area contributed by atoms with Gasteiger partial charge in [-0.3, -0.25) is 9.88 Å². The molecule has 1 saturated carbocycles. The van der Waals surface area contributed by atoms with Crippen molar-refractivity contribution in [3.05, 3.63) is 30.1 Å². The Hall–Kier alpha value is -1.62. The third-order valence-electron chi connectivity index (χ3n) is 6.59. The molecule has 3 fully saturated rings. The van der Waals surface area contributed by atoms with Gasteiger partial charge in [0.25, 0.3) is 0 Å². The van der Waals surface area contributed by atoms with Crippen molar-refractivity contribution in [2.75, 3.05) is 20.1 Å². The van der Waals surface area contributed by atoms with Gasteiger partial charge < -0.3 is 10.2 Å². The first-order valence-electron chi connectivity index (χ1n) is 9.90. The maximum absolute atomic E-state index is 13.0. The smallest absolute Gasteiger partial charge is 0.317 e. The van der Waals surface area contributed by atoms with Crippen LogP contribution in [-0.4, -0.2) is 53.0 Å². The quantitative estimate of drug-likeness (QED) is 0.918. The minimum absolute atomic E-state index is 0.0503. The number of likely N-dealkylation sites (N-methyl/N-ethyl adjacent to an activating group) is 1. The van der Waals surface area contributed by atoms with Crippen LogP contribution < -0.4 is 5.32 Å². The number of hydrogen-bond donors (Lipinski definition) is 1. The number of pyridine rings is 1. The predicted molar refractivity (Wildman–Crippen MR) is 98.2 cm³/mol. The van der Waals surface area contributed by atoms with Crippen molar-refractivity contribution < 1.29 is 4.79 Å². The predicted octanol–water partition coefficient (Wildman–Crippen LogP) is 3.19. The summed E-state index contributed by atoms with van der Waals surface area (Å²) in [4.78, 5) is 22.1. The fourth-order valence-corrected chi connectivity index (χ4v) is 5.00. The van der Waals surface area contributed by atoms with Crippen molar-refractivity contribution in [3.8, 4) is 0 Å². The maximum atomic E-state index is 13.0. The van der Waals surface area contributed by atoms with Gasteiger partial charge in [0.05, 0.1) is 11.7 Å². The molecular formula is C20H30N4O. The van der Waals surface area contributed by atoms with E-state index in [2.05, 4.69) is 28.3 Å². The number of hydrogen-bond acceptors (Lipinski definition) is 3. The third-order valence-corrected chi connectivity index (χ3v) is 6.59. The summed E-state index contributed by atoms with van der Waals surface area (Å²) in [6.07, 6.45) is 10.3. The highest BCUT2D eigenvalue weighted by Crippen LogP contribution is 2.35. The van der Waals surface area contributed by atoms with Gasteiger partial charge in [0.1, 0.15) is 0 Å². The third kappa shape index (κ3) is 3.52. The molecule has 25 heavy (non-hydrogen) atoms. The largest absolute Gasteiger partial charge is 0.329 e. The van der Waals surface area contributed by atoms with Crippen LogP contribution >= 0.6 is 0 Å². The lowest BCUT2D eigenvalue weighted by atomic mass is 9.95. The van der Waals surface area contributed by atoms with Crippen LogP contribution in [0.4, 0.5) is 4.79 Å². The SMILES string of the molecule is CN1[C@H]2CC[C@H]1CN(C(=O)N[C@H](c1ccccn1)C1CCCC1)CC2. The molecule has 5 nitrogen and oxygen atoms in total. The molecule has 2 aliphatic heterocycles. The van der Waals surface area contributed by atoms with Crippen molar-refractivity contribution in [1.82, 2.24) is 20.1 Å². The Labute approximate surface area is 150 Å². The molecule has 3 heterocycles. The minimum Gasteiger partial charge on any atom is -0.329 e. The van der Waals surface area contributed by atoms with Crippen LogP contribution in [0.2, 0.25) is 0 Å². The number of carbonyl (C=O) groups is 1. The topological polar surface area (TPSA) is 48.5 Å². The molecule has 1 aliphatic carbocycles. The number of nitrogens with zero attached hydrogens (tertiary/aromatic N) is 3. The Morgan fingerprint density at radius 1 is 1.16 bits per heavy atom. The number of likely N-dealkylation sites (tertiary alicyclic amines) is 1. The Balaban J connectivity index is 1.47. The molecule has 0 unspecified atom stereocenters. The van der Waals surface area contributed by atoms with Gasteiger partial charge in [0.2, 0.25) is 0 Å². The second kappa shape index (κ2) is 7.32. The zero-order valence-electron chi connectivity index (χ0n) is 15.2. The molecule has 0 radical (unpaired) electrons. The van der Waals surface area contributed by atoms with Crippen LogP contribution in [0.25, 0.3) is 0 Å². The molecule has 2 bridgehead atoms. The first kappa shape index (κ1) is 16.8. The highest BCUT2D eigenvalue weighted by molar-refractivity contribution is 5.75. The summed E-state index contributed by atoms with van der Waals surface area (Å²) < 4.78 is 0. The highest BCUT2D eigenvalue weighted by Gasteiger charge is 2.37. The Bertz CT molecular complexity index is 587. The van der Waals surface area contributed by atoms with E-state index in [1.165, 1.54) is 38.5 Å². The zero-order valence-corrected chi connectivity index (χ0v) is 15.2. The van der Waals surface area contributed by atoms with E-state index in [9.17, 15) is 4.79 Å². The van der Waals surface area contributed by atoms with Gasteiger partial charge in [0.15, 0.2) is 0 Å². The molecule has 136 valence electrons. The lowest BCUT2D eigenvalue weighted by Crippen LogP contribution is -2.47. The Morgan fingerprint density at radius 2 is 1.96 bits per heavy atom. The number of nitrogens with one attached hydrogen (secondary N) is 1. The van der Waals surface area contributed by atoms with Crippen LogP contribution in [0.3, 0.4) is 0 Å². The maximum Gasteiger partial charge on any atom is 0.317 e. The van der Waals surface area contributed by atoms with E-state index in [4.69, 9.17) is 0 Å². The van der Waals surface area contributed by atoms with Crippen LogP contribution in [0.15, 0.2) is 24.4 Å². The van der Waals surface area contributed by atoms with E-state index in [0.717, 1.165) is 25.2 Å². The van der Waals surface area contributed by atoms with Crippen molar-refractivity contribution in [2.24, 2.45) is 5.92 Å². The van der Waals surface area contributed by atoms with E-state index >= 15 is 0 Å². The van der Waals surface area contributed by atoms with Crippen LogP contribution in [-0.2, 0) is 0 Å². The molecule has 3 aliphatic rings. The minimum atomic E-state index is 0.0503. The van der Waals surface area contributed by atoms with E-state index in [1.807, 2.05) is 23.2 Å². The Kier molecular flexibility index (Phi) is 4.93. The molecule has 2 saturated heterocycles. The first-order chi connectivity index (χ1) is 12.2. The number of fused-ring (bicyclic) bond motifs is 2. The normalized spacial score (nSPS) is 28.8. The summed E-state index contributed by atoms with van der Waals surface area (Å²) in [7, 11) is 2.22. The molecule has 0 aromatic carbocycles. The van der Waals surface area contributed by atoms with E-state index < -0.39 is 0 Å². The monoisotopic (exact) mass is 342 g/mol. The second-order valence-corrected chi connectivity index (χ2v) is 8.01. The standard InChI is InChI=1S/C20H30N4O/c1-23-16-9-10-17(23)14-24(13-11-16)20(25)22-19(15-6-2-3-7-15)18-8-4-5-12-21-18/h4-5,8,12,15-17,19H,2-3,6-7,9-11,13-14H2,1H3,(H,22,25)/t16-,17-,19-/m0/s1. The summed E-state index contributed by atoms with van der Waals surface area (Å²) in [5.41, 5.74) is 1.01. The molecule has 2 amide bonds. The molecular weight excluding hydrogens is 312 g/mol. The van der Waals surface area contributed by atoms with E-state index in [1.54, 1.807) is 0 Å². The molecule has 0 spiro atoms. The van der Waals surface area contributed by atoms with Crippen molar-refractivity contribution >= 4 is 6.03 Å². The average Bonchev–Trinajstić information content (AvgIpc) is 3.22. The molecule has 1 aromatic heterocycles. The fourth-order valence-electron chi connectivity index (χ4n) is 5.00. The highest BCUT2D eigenvalue weighted by atomic mass is 16.2. The summed E-state index contributed by atoms with van der Waals surface area (Å²) >= 11 is 0. The number of rotatable bonds is 3. The van der Waals surface area contributed by atoms with Gasteiger partial charge in [-0.05, 0) is 57.2 Å². The molecule has 1 N–H and O–H groups in total. The fraction of sp³-hybridized carbons (Fsp3) is 0.700. The van der Waals surface area contributed by atoms with E-state index in [0.29, 0.717) is 18.0 Å². The van der Waals surface area contributed by atoms with Crippen LogP contribution in [0.5, 0.6) is 0 Å². The van der Waals surface area contributed by atoms with Gasteiger partial charge in [-0.1, -0.05) is 18.9 Å². The van der Waals surface area contributed by atoms with Gasteiger partial charge in [-0.25, -0.2) is 4.79 Å². The summed E-state index contributed by atoms with van der Waals surface area (Å²) in [5, 5.41) is 3.35. The van der Waals surface area contributed by atoms with Gasteiger partial charge >= 0.3 is 6.03 Å². The van der Waals surface area contributed by atoms with Gasteiger partial charge in [-0.2, -0.15) is 0 Å². The van der Waals surface area contributed by atoms with Crippen molar-refractivity contribution in [2.45, 2.75) is 63.1 Å². The zero-order chi connectivity index (χ0) is 17.2. The second-order valence-electron chi connectivity index (χ2n) is 8.01. The molecule has 5 heteroatoms. The molecule has 4 rings (SSSR count). The van der Waals surface area contributed by atoms with Crippen LogP contribution in [0.1, 0.15) is 56.7 Å². The number of carbonyl (C=O) groups excluding carboxylic acids is 1. The number of aromatic nitrogens is 1. The van der Waals surface area contributed by atoms with Crippen molar-refractivity contribution in [3.63, 3.8) is 0 Å². The van der Waals surface area contributed by atoms with E-state index in [-0.39, 0.29) is 12.1 Å². The summed E-state index contributed by atoms with van der Waals surface area (Å²) in [6, 6.07) is 7.36. The molecule has 3 atom stereocenters. The first-order valence-corrected chi connectivity index (χ1v) is 9.90. The lowest BCUT2D eigenvalue weighted by Gasteiger charge is -2.30. The van der Waals surface area contributed by atoms with Gasteiger partial charge in [0, 0.05) is 31.4 Å². The summed E-state index contributed by atoms with van der Waals surface area (Å²) in [5.74, 6) is 0.518. The summed E-state index contributed by atoms with van der Waals surface area (Å²) in [6.45, 7) is 1.73. The van der Waals surface area contributed by atoms with Crippen molar-refractivity contribution in [1.29, 1.82) is 0 Å². The number of amides is 2. The Morgan fingerprint density at radius 3 is 2.72 bits per heavy atom. The lowest BCUT2D eigenvalue weighted by molar-refractivity contribution is 0.179. The van der Waals surface area contributed by atoms with Gasteiger partial charge in [-0.15, -0.1) is 0 Å².